The van der Waals surface area contributed by atoms with Crippen LogP contribution in [0.5, 0.6) is 0 Å². The zero-order chi connectivity index (χ0) is 14.3. The molecule has 1 aliphatic carbocycles. The van der Waals surface area contributed by atoms with Crippen LogP contribution >= 0.6 is 0 Å². The summed E-state index contributed by atoms with van der Waals surface area (Å²) >= 11 is 0. The fourth-order valence-electron chi connectivity index (χ4n) is 2.35. The largest absolute Gasteiger partial charge is 0.464 e. The van der Waals surface area contributed by atoms with Crippen molar-refractivity contribution in [3.8, 4) is 11.1 Å². The van der Waals surface area contributed by atoms with Gasteiger partial charge in [0.25, 0.3) is 0 Å². The van der Waals surface area contributed by atoms with Crippen molar-refractivity contribution < 1.29 is 13.9 Å². The van der Waals surface area contributed by atoms with Gasteiger partial charge in [0.1, 0.15) is 5.82 Å². The van der Waals surface area contributed by atoms with Crippen molar-refractivity contribution >= 4 is 5.97 Å². The van der Waals surface area contributed by atoms with Crippen LogP contribution < -0.4 is 0 Å². The van der Waals surface area contributed by atoms with E-state index < -0.39 is 5.97 Å². The predicted octanol–water partition coefficient (Wildman–Crippen LogP) is 2.89. The van der Waals surface area contributed by atoms with E-state index >= 15 is 0 Å². The zero-order valence-corrected chi connectivity index (χ0v) is 11.4. The molecule has 4 nitrogen and oxygen atoms in total. The normalized spacial score (nSPS) is 14.3. The summed E-state index contributed by atoms with van der Waals surface area (Å²) in [7, 11) is 2.97. The zero-order valence-electron chi connectivity index (χ0n) is 11.4. The molecule has 0 unspecified atom stereocenters. The third kappa shape index (κ3) is 2.19. The Morgan fingerprint density at radius 3 is 2.75 bits per heavy atom. The number of esters is 1. The number of rotatable bonds is 3. The number of carbonyl (C=O) groups excluding carboxylic acids is 1. The van der Waals surface area contributed by atoms with Crippen LogP contribution in [0.25, 0.3) is 11.1 Å². The maximum atomic E-state index is 14.3. The minimum atomic E-state index is -0.564. The number of halogens is 1. The van der Waals surface area contributed by atoms with Gasteiger partial charge in [-0.2, -0.15) is 5.10 Å². The standard InChI is InChI=1S/C15H15FN2O2/c1-18-8-12(14(17-18)15(19)20-2)11-6-5-10(7-13(11)16)9-3-4-9/h5-9H,3-4H2,1-2H3. The highest BCUT2D eigenvalue weighted by molar-refractivity contribution is 5.95. The van der Waals surface area contributed by atoms with Gasteiger partial charge in [-0.05, 0) is 30.4 Å². The topological polar surface area (TPSA) is 44.1 Å². The summed E-state index contributed by atoms with van der Waals surface area (Å²) in [5.74, 6) is -0.397. The number of aryl methyl sites for hydroxylation is 1. The Balaban J connectivity index is 2.06. The first-order chi connectivity index (χ1) is 9.60. The van der Waals surface area contributed by atoms with Crippen molar-refractivity contribution in [1.29, 1.82) is 0 Å². The molecule has 0 saturated heterocycles. The number of hydrogen-bond donors (Lipinski definition) is 0. The Morgan fingerprint density at radius 2 is 2.15 bits per heavy atom. The Hall–Kier alpha value is -2.17. The van der Waals surface area contributed by atoms with Gasteiger partial charge in [-0.3, -0.25) is 4.68 Å². The lowest BCUT2D eigenvalue weighted by molar-refractivity contribution is 0.0594. The molecule has 104 valence electrons. The monoisotopic (exact) mass is 274 g/mol. The first-order valence-electron chi connectivity index (χ1n) is 6.52. The minimum absolute atomic E-state index is 0.132. The third-order valence-corrected chi connectivity index (χ3v) is 3.54. The molecule has 1 heterocycles. The van der Waals surface area contributed by atoms with Gasteiger partial charge in [0.2, 0.25) is 0 Å². The average molecular weight is 274 g/mol. The molecule has 2 aromatic rings. The SMILES string of the molecule is COC(=O)c1nn(C)cc1-c1ccc(C2CC2)cc1F. The molecule has 20 heavy (non-hydrogen) atoms. The smallest absolute Gasteiger partial charge is 0.359 e. The van der Waals surface area contributed by atoms with Gasteiger partial charge >= 0.3 is 5.97 Å². The van der Waals surface area contributed by atoms with E-state index in [-0.39, 0.29) is 11.5 Å². The molecule has 0 atom stereocenters. The molecule has 3 rings (SSSR count). The van der Waals surface area contributed by atoms with E-state index in [4.69, 9.17) is 0 Å². The molecule has 1 fully saturated rings. The predicted molar refractivity (Wildman–Crippen MR) is 71.9 cm³/mol. The molecule has 1 saturated carbocycles. The molecule has 0 spiro atoms. The van der Waals surface area contributed by atoms with Crippen molar-refractivity contribution in [3.63, 3.8) is 0 Å². The summed E-state index contributed by atoms with van der Waals surface area (Å²) in [6, 6.07) is 5.19. The summed E-state index contributed by atoms with van der Waals surface area (Å²) in [6.45, 7) is 0. The molecule has 0 radical (unpaired) electrons. The van der Waals surface area contributed by atoms with E-state index in [0.29, 0.717) is 17.0 Å². The highest BCUT2D eigenvalue weighted by Gasteiger charge is 2.25. The summed E-state index contributed by atoms with van der Waals surface area (Å²) in [6.07, 6.45) is 3.87. The maximum Gasteiger partial charge on any atom is 0.359 e. The molecular formula is C15H15FN2O2. The van der Waals surface area contributed by atoms with E-state index in [9.17, 15) is 9.18 Å². The number of carbonyl (C=O) groups is 1. The molecule has 5 heteroatoms. The van der Waals surface area contributed by atoms with E-state index in [1.807, 2.05) is 6.07 Å². The van der Waals surface area contributed by atoms with Crippen molar-refractivity contribution in [2.45, 2.75) is 18.8 Å². The minimum Gasteiger partial charge on any atom is -0.464 e. The fraction of sp³-hybridized carbons (Fsp3) is 0.333. The van der Waals surface area contributed by atoms with Crippen LogP contribution in [-0.2, 0) is 11.8 Å². The van der Waals surface area contributed by atoms with E-state index in [1.165, 1.54) is 11.8 Å². The summed E-state index contributed by atoms with van der Waals surface area (Å²) in [4.78, 5) is 11.7. The van der Waals surface area contributed by atoms with Crippen molar-refractivity contribution in [1.82, 2.24) is 9.78 Å². The Kier molecular flexibility index (Phi) is 3.04. The number of ether oxygens (including phenoxy) is 1. The molecular weight excluding hydrogens is 259 g/mol. The lowest BCUT2D eigenvalue weighted by atomic mass is 10.0. The number of benzene rings is 1. The number of nitrogens with zero attached hydrogens (tertiary/aromatic N) is 2. The maximum absolute atomic E-state index is 14.3. The molecule has 1 aliphatic rings. The second kappa shape index (κ2) is 4.74. The van der Waals surface area contributed by atoms with E-state index in [2.05, 4.69) is 9.84 Å². The first kappa shape index (κ1) is 12.8. The summed E-state index contributed by atoms with van der Waals surface area (Å²) < 4.78 is 20.5. The van der Waals surface area contributed by atoms with Crippen molar-refractivity contribution in [3.05, 3.63) is 41.5 Å². The second-order valence-corrected chi connectivity index (χ2v) is 5.07. The Morgan fingerprint density at radius 1 is 1.40 bits per heavy atom. The highest BCUT2D eigenvalue weighted by atomic mass is 19.1. The second-order valence-electron chi connectivity index (χ2n) is 5.07. The van der Waals surface area contributed by atoms with E-state index in [0.717, 1.165) is 18.4 Å². The van der Waals surface area contributed by atoms with Crippen LogP contribution in [0.1, 0.15) is 34.8 Å². The third-order valence-electron chi connectivity index (χ3n) is 3.54. The van der Waals surface area contributed by atoms with Crippen LogP contribution in [0.15, 0.2) is 24.4 Å². The van der Waals surface area contributed by atoms with Crippen LogP contribution in [0.4, 0.5) is 4.39 Å². The van der Waals surface area contributed by atoms with Crippen molar-refractivity contribution in [2.75, 3.05) is 7.11 Å². The van der Waals surface area contributed by atoms with Gasteiger partial charge in [0.05, 0.1) is 7.11 Å². The van der Waals surface area contributed by atoms with Crippen LogP contribution in [-0.4, -0.2) is 22.9 Å². The number of methoxy groups -OCH3 is 1. The Labute approximate surface area is 116 Å². The molecule has 0 bridgehead atoms. The van der Waals surface area contributed by atoms with Crippen LogP contribution in [0.2, 0.25) is 0 Å². The van der Waals surface area contributed by atoms with Gasteiger partial charge in [0, 0.05) is 24.4 Å². The molecule has 1 aromatic heterocycles. The summed E-state index contributed by atoms with van der Waals surface area (Å²) in [5.41, 5.74) is 1.99. The van der Waals surface area contributed by atoms with Gasteiger partial charge in [-0.1, -0.05) is 12.1 Å². The van der Waals surface area contributed by atoms with Gasteiger partial charge < -0.3 is 4.74 Å². The van der Waals surface area contributed by atoms with Gasteiger partial charge in [-0.25, -0.2) is 9.18 Å². The van der Waals surface area contributed by atoms with Gasteiger partial charge in [0.15, 0.2) is 5.69 Å². The highest BCUT2D eigenvalue weighted by Crippen LogP contribution is 2.41. The average Bonchev–Trinajstić information content (AvgIpc) is 3.21. The molecule has 0 N–H and O–H groups in total. The number of hydrogen-bond acceptors (Lipinski definition) is 3. The van der Waals surface area contributed by atoms with E-state index in [1.54, 1.807) is 25.4 Å². The lowest BCUT2D eigenvalue weighted by Crippen LogP contribution is -2.05. The molecule has 0 amide bonds. The van der Waals surface area contributed by atoms with Crippen molar-refractivity contribution in [2.24, 2.45) is 7.05 Å². The van der Waals surface area contributed by atoms with Gasteiger partial charge in [-0.15, -0.1) is 0 Å². The lowest BCUT2D eigenvalue weighted by Gasteiger charge is -2.05. The fourth-order valence-corrected chi connectivity index (χ4v) is 2.35. The summed E-state index contributed by atoms with van der Waals surface area (Å²) in [5, 5.41) is 4.04. The number of aromatic nitrogens is 2. The molecule has 0 aliphatic heterocycles. The molecule has 1 aromatic carbocycles. The first-order valence-corrected chi connectivity index (χ1v) is 6.52. The quantitative estimate of drug-likeness (QED) is 0.808. The Bertz CT molecular complexity index is 675. The van der Waals surface area contributed by atoms with Crippen LogP contribution in [0, 0.1) is 5.82 Å². The van der Waals surface area contributed by atoms with Crippen LogP contribution in [0.3, 0.4) is 0 Å².